The summed E-state index contributed by atoms with van der Waals surface area (Å²) in [6.45, 7) is 4.49. The molecule has 0 spiro atoms. The lowest BCUT2D eigenvalue weighted by Crippen LogP contribution is -2.25. The topological polar surface area (TPSA) is 9.23 Å². The van der Waals surface area contributed by atoms with Crippen molar-refractivity contribution in [2.24, 2.45) is 17.8 Å². The smallest absolute Gasteiger partial charge is 0.200 e. The Morgan fingerprint density at radius 2 is 1.54 bits per heavy atom. The Hall–Kier alpha value is -1.38. The number of allylic oxidation sites excluding steroid dienone is 1. The van der Waals surface area contributed by atoms with Crippen LogP contribution in [0.1, 0.15) is 76.7 Å². The zero-order valence-electron chi connectivity index (χ0n) is 16.1. The number of benzene rings is 1. The molecule has 1 nitrogen and oxygen atoms in total. The maximum absolute atomic E-state index is 14.6. The molecule has 144 valence electrons. The van der Waals surface area contributed by atoms with Crippen molar-refractivity contribution >= 4 is 0 Å². The number of hydrogen-bond acceptors (Lipinski definition) is 1. The third-order valence-corrected chi connectivity index (χ3v) is 6.59. The molecule has 0 atom stereocenters. The Labute approximate surface area is 156 Å². The SMILES string of the molecule is C/C=C/COc1ccc(C2CCC(C3CCC(C)CC3)CC2)c(F)c1F. The minimum atomic E-state index is -0.838. The van der Waals surface area contributed by atoms with Crippen LogP contribution in [-0.2, 0) is 0 Å². The van der Waals surface area contributed by atoms with E-state index in [0.717, 1.165) is 43.4 Å². The quantitative estimate of drug-likeness (QED) is 0.511. The molecule has 0 amide bonds. The normalized spacial score (nSPS) is 29.8. The van der Waals surface area contributed by atoms with Gasteiger partial charge in [-0.25, -0.2) is 4.39 Å². The van der Waals surface area contributed by atoms with Gasteiger partial charge in [-0.15, -0.1) is 0 Å². The molecule has 2 aliphatic carbocycles. The summed E-state index contributed by atoms with van der Waals surface area (Å²) < 4.78 is 34.2. The largest absolute Gasteiger partial charge is 0.486 e. The van der Waals surface area contributed by atoms with E-state index in [1.165, 1.54) is 25.7 Å². The Kier molecular flexibility index (Phi) is 6.72. The highest BCUT2D eigenvalue weighted by molar-refractivity contribution is 5.33. The Bertz CT molecular complexity index is 609. The van der Waals surface area contributed by atoms with Gasteiger partial charge < -0.3 is 4.74 Å². The lowest BCUT2D eigenvalue weighted by atomic mass is 9.68. The molecule has 1 aromatic carbocycles. The number of ether oxygens (including phenoxy) is 1. The molecule has 1 aromatic rings. The maximum Gasteiger partial charge on any atom is 0.200 e. The molecular weight excluding hydrogens is 330 g/mol. The molecule has 0 N–H and O–H groups in total. The summed E-state index contributed by atoms with van der Waals surface area (Å²) in [4.78, 5) is 0. The second-order valence-electron chi connectivity index (χ2n) is 8.29. The van der Waals surface area contributed by atoms with E-state index in [9.17, 15) is 8.78 Å². The molecule has 0 saturated heterocycles. The van der Waals surface area contributed by atoms with Crippen molar-refractivity contribution in [3.05, 3.63) is 41.5 Å². The molecule has 0 radical (unpaired) electrons. The average Bonchev–Trinajstić information content (AvgIpc) is 2.66. The Morgan fingerprint density at radius 1 is 0.923 bits per heavy atom. The van der Waals surface area contributed by atoms with Crippen LogP contribution in [0.5, 0.6) is 5.75 Å². The number of halogens is 2. The van der Waals surface area contributed by atoms with Crippen LogP contribution in [0, 0.1) is 29.4 Å². The molecule has 26 heavy (non-hydrogen) atoms. The molecule has 0 aromatic heterocycles. The second-order valence-corrected chi connectivity index (χ2v) is 8.29. The molecule has 0 heterocycles. The third kappa shape index (κ3) is 4.47. The van der Waals surface area contributed by atoms with Gasteiger partial charge >= 0.3 is 0 Å². The van der Waals surface area contributed by atoms with E-state index < -0.39 is 11.6 Å². The third-order valence-electron chi connectivity index (χ3n) is 6.59. The molecule has 0 aliphatic heterocycles. The zero-order chi connectivity index (χ0) is 18.5. The van der Waals surface area contributed by atoms with E-state index in [2.05, 4.69) is 6.92 Å². The van der Waals surface area contributed by atoms with Gasteiger partial charge in [-0.2, -0.15) is 4.39 Å². The van der Waals surface area contributed by atoms with Crippen molar-refractivity contribution in [1.29, 1.82) is 0 Å². The lowest BCUT2D eigenvalue weighted by molar-refractivity contribution is 0.164. The van der Waals surface area contributed by atoms with Crippen molar-refractivity contribution < 1.29 is 13.5 Å². The van der Waals surface area contributed by atoms with Crippen molar-refractivity contribution in [3.8, 4) is 5.75 Å². The fourth-order valence-corrected chi connectivity index (χ4v) is 4.87. The second kappa shape index (κ2) is 9.01. The number of hydrogen-bond donors (Lipinski definition) is 0. The molecule has 2 aliphatic rings. The predicted octanol–water partition coefficient (Wildman–Crippen LogP) is 7.02. The summed E-state index contributed by atoms with van der Waals surface area (Å²) in [5.74, 6) is 1.13. The highest BCUT2D eigenvalue weighted by Crippen LogP contribution is 2.44. The summed E-state index contributed by atoms with van der Waals surface area (Å²) in [6.07, 6.45) is 13.3. The first-order valence-electron chi connectivity index (χ1n) is 10.3. The van der Waals surface area contributed by atoms with Crippen LogP contribution in [0.15, 0.2) is 24.3 Å². The molecule has 0 unspecified atom stereocenters. The van der Waals surface area contributed by atoms with Gasteiger partial charge in [-0.05, 0) is 80.8 Å². The van der Waals surface area contributed by atoms with Gasteiger partial charge in [0.25, 0.3) is 0 Å². The summed E-state index contributed by atoms with van der Waals surface area (Å²) in [5.41, 5.74) is 0.539. The van der Waals surface area contributed by atoms with Crippen LogP contribution in [0.2, 0.25) is 0 Å². The lowest BCUT2D eigenvalue weighted by Gasteiger charge is -2.37. The van der Waals surface area contributed by atoms with E-state index in [4.69, 9.17) is 4.74 Å². The standard InChI is InChI=1S/C23H32F2O/c1-3-4-15-26-21-14-13-20(22(24)23(21)25)19-11-9-18(10-12-19)17-7-5-16(2)6-8-17/h3-4,13-14,16-19H,5-12,15H2,1-2H3/b4-3+. The highest BCUT2D eigenvalue weighted by Gasteiger charge is 2.32. The highest BCUT2D eigenvalue weighted by atomic mass is 19.2. The maximum atomic E-state index is 14.6. The van der Waals surface area contributed by atoms with E-state index >= 15 is 0 Å². The minimum absolute atomic E-state index is 0.00867. The van der Waals surface area contributed by atoms with Crippen LogP contribution in [-0.4, -0.2) is 6.61 Å². The average molecular weight is 363 g/mol. The van der Waals surface area contributed by atoms with Gasteiger partial charge in [0.05, 0.1) is 0 Å². The van der Waals surface area contributed by atoms with Crippen molar-refractivity contribution in [1.82, 2.24) is 0 Å². The first kappa shape index (κ1) is 19.4. The van der Waals surface area contributed by atoms with E-state index in [-0.39, 0.29) is 18.3 Å². The van der Waals surface area contributed by atoms with Crippen molar-refractivity contribution in [2.75, 3.05) is 6.61 Å². The van der Waals surface area contributed by atoms with Gasteiger partial charge in [-0.3, -0.25) is 0 Å². The van der Waals surface area contributed by atoms with Crippen molar-refractivity contribution in [3.63, 3.8) is 0 Å². The Morgan fingerprint density at radius 3 is 2.15 bits per heavy atom. The summed E-state index contributed by atoms with van der Waals surface area (Å²) >= 11 is 0. The van der Waals surface area contributed by atoms with E-state index in [1.54, 1.807) is 18.2 Å². The molecule has 2 fully saturated rings. The van der Waals surface area contributed by atoms with E-state index in [0.29, 0.717) is 5.56 Å². The van der Waals surface area contributed by atoms with Gasteiger partial charge in [0.2, 0.25) is 5.82 Å². The fourth-order valence-electron chi connectivity index (χ4n) is 4.87. The van der Waals surface area contributed by atoms with Gasteiger partial charge in [-0.1, -0.05) is 38.0 Å². The van der Waals surface area contributed by atoms with Crippen LogP contribution in [0.4, 0.5) is 8.78 Å². The van der Waals surface area contributed by atoms with Gasteiger partial charge in [0.15, 0.2) is 11.6 Å². The van der Waals surface area contributed by atoms with Crippen molar-refractivity contribution in [2.45, 2.75) is 71.1 Å². The first-order chi connectivity index (χ1) is 12.6. The summed E-state index contributed by atoms with van der Waals surface area (Å²) in [6, 6.07) is 3.32. The number of rotatable bonds is 5. The van der Waals surface area contributed by atoms with Crippen LogP contribution in [0.3, 0.4) is 0 Å². The monoisotopic (exact) mass is 362 g/mol. The molecule has 0 bridgehead atoms. The first-order valence-corrected chi connectivity index (χ1v) is 10.3. The molecule has 3 rings (SSSR count). The summed E-state index contributed by atoms with van der Waals surface area (Å²) in [7, 11) is 0. The zero-order valence-corrected chi connectivity index (χ0v) is 16.1. The molecular formula is C23H32F2O. The molecule has 2 saturated carbocycles. The van der Waals surface area contributed by atoms with Crippen LogP contribution < -0.4 is 4.74 Å². The minimum Gasteiger partial charge on any atom is -0.486 e. The predicted molar refractivity (Wildman–Crippen MR) is 102 cm³/mol. The van der Waals surface area contributed by atoms with Crippen LogP contribution in [0.25, 0.3) is 0 Å². The van der Waals surface area contributed by atoms with E-state index in [1.807, 2.05) is 13.0 Å². The fraction of sp³-hybridized carbons (Fsp3) is 0.652. The van der Waals surface area contributed by atoms with Gasteiger partial charge in [0.1, 0.15) is 6.61 Å². The molecule has 3 heteroatoms. The van der Waals surface area contributed by atoms with Gasteiger partial charge in [0, 0.05) is 0 Å². The summed E-state index contributed by atoms with van der Waals surface area (Å²) in [5, 5.41) is 0. The van der Waals surface area contributed by atoms with Crippen LogP contribution >= 0.6 is 0 Å². The Balaban J connectivity index is 1.59.